The van der Waals surface area contributed by atoms with Gasteiger partial charge in [0.15, 0.2) is 5.52 Å². The van der Waals surface area contributed by atoms with Gasteiger partial charge in [0.1, 0.15) is 0 Å². The smallest absolute Gasteiger partial charge is 0.224 e. The van der Waals surface area contributed by atoms with E-state index >= 15 is 0 Å². The molecule has 4 rings (SSSR count). The van der Waals surface area contributed by atoms with Crippen LogP contribution in [0.5, 0.6) is 0 Å². The van der Waals surface area contributed by atoms with Gasteiger partial charge in [0.2, 0.25) is 5.52 Å². The fraction of sp³-hybridized carbons (Fsp3) is 0.111. The van der Waals surface area contributed by atoms with E-state index in [4.69, 9.17) is 5.10 Å². The molecular weight excluding hydrogens is 258 g/mol. The zero-order valence-electron chi connectivity index (χ0n) is 12.1. The number of rotatable bonds is 1. The van der Waals surface area contributed by atoms with E-state index in [9.17, 15) is 0 Å². The minimum Gasteiger partial charge on any atom is -0.224 e. The van der Waals surface area contributed by atoms with E-state index in [1.54, 1.807) is 0 Å². The Morgan fingerprint density at radius 2 is 1.67 bits per heavy atom. The maximum atomic E-state index is 4.80. The fourth-order valence-electron chi connectivity index (χ4n) is 2.93. The maximum Gasteiger partial charge on any atom is 0.308 e. The van der Waals surface area contributed by atoms with Gasteiger partial charge in [0, 0.05) is 11.6 Å². The molecule has 102 valence electrons. The van der Waals surface area contributed by atoms with Crippen molar-refractivity contribution in [3.8, 4) is 11.1 Å². The van der Waals surface area contributed by atoms with Crippen molar-refractivity contribution in [2.75, 3.05) is 0 Å². The summed E-state index contributed by atoms with van der Waals surface area (Å²) in [6.45, 7) is 2.07. The largest absolute Gasteiger partial charge is 0.308 e. The zero-order valence-corrected chi connectivity index (χ0v) is 12.1. The minimum atomic E-state index is 1.04. The van der Waals surface area contributed by atoms with E-state index in [2.05, 4.69) is 73.1 Å². The lowest BCUT2D eigenvalue weighted by Gasteiger charge is -2.03. The molecule has 2 aromatic heterocycles. The summed E-state index contributed by atoms with van der Waals surface area (Å²) >= 11 is 0. The van der Waals surface area contributed by atoms with Crippen molar-refractivity contribution < 1.29 is 4.57 Å². The first-order chi connectivity index (χ1) is 10.3. The van der Waals surface area contributed by atoms with Gasteiger partial charge in [-0.1, -0.05) is 52.1 Å². The van der Waals surface area contributed by atoms with Crippen LogP contribution in [0.4, 0.5) is 0 Å². The molecule has 0 fully saturated rings. The van der Waals surface area contributed by atoms with Crippen LogP contribution < -0.4 is 4.57 Å². The van der Waals surface area contributed by atoms with E-state index in [0.717, 1.165) is 16.9 Å². The standard InChI is InChI=1S/C18H16N3/c1-13-15(14-8-4-3-5-9-14)12-18-20(2)16-10-6-7-11-17(16)21(18)19-13/h3-12H,1-2H3/q+1. The van der Waals surface area contributed by atoms with Gasteiger partial charge in [-0.25, -0.2) is 4.57 Å². The second-order valence-corrected chi connectivity index (χ2v) is 5.33. The predicted octanol–water partition coefficient (Wildman–Crippen LogP) is 3.29. The fourth-order valence-corrected chi connectivity index (χ4v) is 2.93. The van der Waals surface area contributed by atoms with Crippen LogP contribution in [-0.2, 0) is 7.05 Å². The third-order valence-corrected chi connectivity index (χ3v) is 4.03. The summed E-state index contributed by atoms with van der Waals surface area (Å²) < 4.78 is 4.21. The highest BCUT2D eigenvalue weighted by Crippen LogP contribution is 2.24. The first kappa shape index (κ1) is 12.1. The Morgan fingerprint density at radius 3 is 2.48 bits per heavy atom. The second kappa shape index (κ2) is 4.42. The van der Waals surface area contributed by atoms with E-state index in [1.165, 1.54) is 16.6 Å². The Morgan fingerprint density at radius 1 is 0.952 bits per heavy atom. The van der Waals surface area contributed by atoms with Crippen molar-refractivity contribution in [2.24, 2.45) is 7.05 Å². The molecule has 2 aromatic carbocycles. The first-order valence-electron chi connectivity index (χ1n) is 7.08. The molecule has 0 aliphatic carbocycles. The lowest BCUT2D eigenvalue weighted by atomic mass is 10.1. The number of para-hydroxylation sites is 2. The van der Waals surface area contributed by atoms with Crippen molar-refractivity contribution >= 4 is 16.7 Å². The lowest BCUT2D eigenvalue weighted by molar-refractivity contribution is -0.618. The predicted molar refractivity (Wildman–Crippen MR) is 84.0 cm³/mol. The number of hydrogen-bond donors (Lipinski definition) is 0. The van der Waals surface area contributed by atoms with Crippen LogP contribution >= 0.6 is 0 Å². The van der Waals surface area contributed by atoms with Crippen LogP contribution in [0.2, 0.25) is 0 Å². The number of hydrogen-bond acceptors (Lipinski definition) is 1. The second-order valence-electron chi connectivity index (χ2n) is 5.33. The molecule has 0 spiro atoms. The van der Waals surface area contributed by atoms with Crippen molar-refractivity contribution in [3.63, 3.8) is 0 Å². The van der Waals surface area contributed by atoms with E-state index in [0.29, 0.717) is 0 Å². The van der Waals surface area contributed by atoms with Gasteiger partial charge in [0.25, 0.3) is 0 Å². The van der Waals surface area contributed by atoms with Crippen LogP contribution in [0, 0.1) is 6.92 Å². The van der Waals surface area contributed by atoms with Crippen molar-refractivity contribution in [2.45, 2.75) is 6.92 Å². The Bertz CT molecular complexity index is 952. The van der Waals surface area contributed by atoms with Crippen molar-refractivity contribution in [1.82, 2.24) is 9.61 Å². The average Bonchev–Trinajstić information content (AvgIpc) is 2.80. The molecule has 3 nitrogen and oxygen atoms in total. The Balaban J connectivity index is 2.11. The Labute approximate surface area is 123 Å². The summed E-state index contributed by atoms with van der Waals surface area (Å²) in [7, 11) is 2.09. The van der Waals surface area contributed by atoms with Gasteiger partial charge in [-0.3, -0.25) is 0 Å². The van der Waals surface area contributed by atoms with Crippen LogP contribution in [0.3, 0.4) is 0 Å². The summed E-state index contributed by atoms with van der Waals surface area (Å²) in [5.41, 5.74) is 6.85. The normalized spacial score (nSPS) is 11.3. The topological polar surface area (TPSA) is 21.2 Å². The Hall–Kier alpha value is -2.68. The molecule has 21 heavy (non-hydrogen) atoms. The van der Waals surface area contributed by atoms with Crippen LogP contribution in [-0.4, -0.2) is 9.61 Å². The van der Waals surface area contributed by atoms with Gasteiger partial charge in [-0.05, 0) is 24.6 Å². The molecule has 0 unspecified atom stereocenters. The van der Waals surface area contributed by atoms with Gasteiger partial charge < -0.3 is 0 Å². The number of aromatic nitrogens is 3. The molecule has 0 amide bonds. The molecule has 4 aromatic rings. The first-order valence-corrected chi connectivity index (χ1v) is 7.08. The van der Waals surface area contributed by atoms with Crippen molar-refractivity contribution in [3.05, 3.63) is 66.4 Å². The highest BCUT2D eigenvalue weighted by Gasteiger charge is 2.19. The van der Waals surface area contributed by atoms with Crippen LogP contribution in [0.1, 0.15) is 5.69 Å². The maximum absolute atomic E-state index is 4.80. The number of nitrogens with zero attached hydrogens (tertiary/aromatic N) is 3. The number of aryl methyl sites for hydroxylation is 2. The van der Waals surface area contributed by atoms with Crippen LogP contribution in [0.15, 0.2) is 60.7 Å². The highest BCUT2D eigenvalue weighted by molar-refractivity contribution is 5.77. The molecule has 0 N–H and O–H groups in total. The van der Waals surface area contributed by atoms with Gasteiger partial charge in [0.05, 0.1) is 12.7 Å². The lowest BCUT2D eigenvalue weighted by Crippen LogP contribution is -2.27. The number of benzene rings is 2. The van der Waals surface area contributed by atoms with E-state index in [1.807, 2.05) is 10.6 Å². The summed E-state index contributed by atoms with van der Waals surface area (Å²) in [5, 5.41) is 4.80. The van der Waals surface area contributed by atoms with E-state index in [-0.39, 0.29) is 0 Å². The molecule has 3 heteroatoms. The zero-order chi connectivity index (χ0) is 14.4. The summed E-state index contributed by atoms with van der Waals surface area (Å²) in [6.07, 6.45) is 0. The SMILES string of the molecule is Cc1nn2c3ccccc3[n+](C)c2cc1-c1ccccc1. The molecule has 0 saturated carbocycles. The molecule has 0 aliphatic rings. The Kier molecular flexibility index (Phi) is 2.54. The van der Waals surface area contributed by atoms with Gasteiger partial charge >= 0.3 is 5.65 Å². The minimum absolute atomic E-state index is 1.04. The monoisotopic (exact) mass is 274 g/mol. The number of fused-ring (bicyclic) bond motifs is 3. The van der Waals surface area contributed by atoms with E-state index < -0.39 is 0 Å². The third kappa shape index (κ3) is 1.74. The molecule has 2 heterocycles. The van der Waals surface area contributed by atoms with Crippen LogP contribution in [0.25, 0.3) is 27.8 Å². The average molecular weight is 274 g/mol. The van der Waals surface area contributed by atoms with Crippen molar-refractivity contribution in [1.29, 1.82) is 0 Å². The summed E-state index contributed by atoms with van der Waals surface area (Å²) in [5.74, 6) is 0. The molecule has 0 radical (unpaired) electrons. The molecule has 0 saturated heterocycles. The van der Waals surface area contributed by atoms with Gasteiger partial charge in [-0.15, -0.1) is 0 Å². The summed E-state index contributed by atoms with van der Waals surface area (Å²) in [4.78, 5) is 0. The van der Waals surface area contributed by atoms with Gasteiger partial charge in [-0.2, -0.15) is 0 Å². The molecule has 0 bridgehead atoms. The third-order valence-electron chi connectivity index (χ3n) is 4.03. The number of imidazole rings is 1. The highest BCUT2D eigenvalue weighted by atomic mass is 15.3. The quantitative estimate of drug-likeness (QED) is 0.488. The molecule has 0 atom stereocenters. The summed E-state index contributed by atoms with van der Waals surface area (Å²) in [6, 6.07) is 21.0. The molecule has 0 aliphatic heterocycles. The molecular formula is C18H16N3+.